The Labute approximate surface area is 118 Å². The maximum Gasteiger partial charge on any atom is 0.186 e. The van der Waals surface area contributed by atoms with Crippen LogP contribution in [0.1, 0.15) is 37.3 Å². The van der Waals surface area contributed by atoms with E-state index >= 15 is 0 Å². The molecule has 0 atom stereocenters. The molecule has 0 unspecified atom stereocenters. The molecule has 1 aliphatic rings. The summed E-state index contributed by atoms with van der Waals surface area (Å²) in [6.45, 7) is 11.7. The number of nitrogen functional groups attached to an aromatic ring is 1. The van der Waals surface area contributed by atoms with Gasteiger partial charge < -0.3 is 15.5 Å². The summed E-state index contributed by atoms with van der Waals surface area (Å²) < 4.78 is 0. The summed E-state index contributed by atoms with van der Waals surface area (Å²) in [4.78, 5) is 10.3. The molecule has 5 nitrogen and oxygen atoms in total. The van der Waals surface area contributed by atoms with Crippen molar-refractivity contribution in [3.63, 3.8) is 0 Å². The van der Waals surface area contributed by atoms with Gasteiger partial charge in [-0.3, -0.25) is 5.41 Å². The zero-order chi connectivity index (χ0) is 14.0. The van der Waals surface area contributed by atoms with Gasteiger partial charge in [-0.25, -0.2) is 4.98 Å². The summed E-state index contributed by atoms with van der Waals surface area (Å²) in [7, 11) is 0. The number of aromatic nitrogens is 1. The molecule has 1 aromatic heterocycles. The van der Waals surface area contributed by atoms with Gasteiger partial charge in [-0.2, -0.15) is 0 Å². The SMILES string of the molecule is CCN1CCN(c2nc(C(C)C)c(C(=N)N)s2)CC1. The second-order valence-corrected chi connectivity index (χ2v) is 6.18. The molecule has 0 aromatic carbocycles. The highest BCUT2D eigenvalue weighted by Crippen LogP contribution is 2.30. The first-order chi connectivity index (χ1) is 9.02. The Kier molecular flexibility index (Phi) is 4.42. The van der Waals surface area contributed by atoms with Crippen molar-refractivity contribution >= 4 is 22.3 Å². The highest BCUT2D eigenvalue weighted by molar-refractivity contribution is 7.17. The summed E-state index contributed by atoms with van der Waals surface area (Å²) in [6, 6.07) is 0. The predicted octanol–water partition coefficient (Wildman–Crippen LogP) is 1.69. The van der Waals surface area contributed by atoms with Gasteiger partial charge in [0, 0.05) is 26.2 Å². The van der Waals surface area contributed by atoms with E-state index in [0.717, 1.165) is 48.4 Å². The molecule has 0 spiro atoms. The zero-order valence-electron chi connectivity index (χ0n) is 11.9. The van der Waals surface area contributed by atoms with Gasteiger partial charge in [-0.15, -0.1) is 0 Å². The van der Waals surface area contributed by atoms with Crippen molar-refractivity contribution in [2.24, 2.45) is 5.73 Å². The molecule has 0 bridgehead atoms. The molecular weight excluding hydrogens is 258 g/mol. The van der Waals surface area contributed by atoms with Crippen molar-refractivity contribution in [3.8, 4) is 0 Å². The summed E-state index contributed by atoms with van der Waals surface area (Å²) in [6.07, 6.45) is 0. The Morgan fingerprint density at radius 2 is 2.00 bits per heavy atom. The lowest BCUT2D eigenvalue weighted by Gasteiger charge is -2.33. The molecule has 19 heavy (non-hydrogen) atoms. The van der Waals surface area contributed by atoms with Crippen LogP contribution in [0.2, 0.25) is 0 Å². The standard InChI is InChI=1S/C13H23N5S/c1-4-17-5-7-18(8-6-17)13-16-10(9(2)3)11(19-13)12(14)15/h9H,4-8H2,1-3H3,(H3,14,15). The molecule has 1 aromatic rings. The van der Waals surface area contributed by atoms with Crippen LogP contribution in [0.4, 0.5) is 5.13 Å². The van der Waals surface area contributed by atoms with Crippen LogP contribution in [0.25, 0.3) is 0 Å². The summed E-state index contributed by atoms with van der Waals surface area (Å²) in [5, 5.41) is 8.70. The molecule has 6 heteroatoms. The minimum Gasteiger partial charge on any atom is -0.383 e. The summed E-state index contributed by atoms with van der Waals surface area (Å²) in [5.74, 6) is 0.445. The largest absolute Gasteiger partial charge is 0.383 e. The van der Waals surface area contributed by atoms with E-state index in [1.807, 2.05) is 0 Å². The van der Waals surface area contributed by atoms with Gasteiger partial charge in [0.05, 0.1) is 10.6 Å². The number of likely N-dealkylation sites (N-methyl/N-ethyl adjacent to an activating group) is 1. The fourth-order valence-electron chi connectivity index (χ4n) is 2.30. The van der Waals surface area contributed by atoms with E-state index in [2.05, 4.69) is 30.6 Å². The van der Waals surface area contributed by atoms with Gasteiger partial charge in [-0.1, -0.05) is 32.1 Å². The van der Waals surface area contributed by atoms with Gasteiger partial charge in [-0.05, 0) is 12.5 Å². The highest BCUT2D eigenvalue weighted by Gasteiger charge is 2.22. The number of rotatable bonds is 4. The number of hydrogen-bond acceptors (Lipinski definition) is 5. The van der Waals surface area contributed by atoms with Crippen molar-refractivity contribution in [1.82, 2.24) is 9.88 Å². The first-order valence-corrected chi connectivity index (χ1v) is 7.67. The Hall–Kier alpha value is -1.14. The number of anilines is 1. The van der Waals surface area contributed by atoms with E-state index in [4.69, 9.17) is 16.1 Å². The van der Waals surface area contributed by atoms with Crippen LogP contribution in [-0.4, -0.2) is 48.4 Å². The molecule has 0 amide bonds. The van der Waals surface area contributed by atoms with Crippen LogP contribution >= 0.6 is 11.3 Å². The van der Waals surface area contributed by atoms with Gasteiger partial charge in [0.1, 0.15) is 5.84 Å². The van der Waals surface area contributed by atoms with Crippen molar-refractivity contribution in [1.29, 1.82) is 5.41 Å². The highest BCUT2D eigenvalue weighted by atomic mass is 32.1. The first-order valence-electron chi connectivity index (χ1n) is 6.85. The van der Waals surface area contributed by atoms with Crippen molar-refractivity contribution < 1.29 is 0 Å². The summed E-state index contributed by atoms with van der Waals surface area (Å²) >= 11 is 1.56. The fourth-order valence-corrected chi connectivity index (χ4v) is 3.43. The molecule has 1 aliphatic heterocycles. The molecule has 0 radical (unpaired) electrons. The molecule has 0 aliphatic carbocycles. The Bertz CT molecular complexity index is 446. The monoisotopic (exact) mass is 281 g/mol. The molecule has 2 rings (SSSR count). The van der Waals surface area contributed by atoms with Gasteiger partial charge in [0.2, 0.25) is 0 Å². The Morgan fingerprint density at radius 3 is 2.42 bits per heavy atom. The third kappa shape index (κ3) is 3.06. The average Bonchev–Trinajstić information content (AvgIpc) is 2.84. The normalized spacial score (nSPS) is 17.2. The van der Waals surface area contributed by atoms with E-state index in [-0.39, 0.29) is 5.84 Å². The zero-order valence-corrected chi connectivity index (χ0v) is 12.8. The average molecular weight is 281 g/mol. The second-order valence-electron chi connectivity index (χ2n) is 5.20. The molecule has 0 saturated carbocycles. The predicted molar refractivity (Wildman–Crippen MR) is 81.5 cm³/mol. The Morgan fingerprint density at radius 1 is 1.37 bits per heavy atom. The van der Waals surface area contributed by atoms with Crippen molar-refractivity contribution in [2.45, 2.75) is 26.7 Å². The van der Waals surface area contributed by atoms with Crippen LogP contribution in [0.15, 0.2) is 0 Å². The van der Waals surface area contributed by atoms with E-state index < -0.39 is 0 Å². The number of nitrogens with two attached hydrogens (primary N) is 1. The van der Waals surface area contributed by atoms with E-state index in [1.54, 1.807) is 11.3 Å². The third-order valence-corrected chi connectivity index (χ3v) is 4.69. The number of nitrogens with one attached hydrogen (secondary N) is 1. The molecule has 1 fully saturated rings. The van der Waals surface area contributed by atoms with E-state index in [1.165, 1.54) is 0 Å². The fraction of sp³-hybridized carbons (Fsp3) is 0.692. The first kappa shape index (κ1) is 14.3. The minimum absolute atomic E-state index is 0.139. The maximum atomic E-state index is 7.68. The number of thiazole rings is 1. The van der Waals surface area contributed by atoms with Crippen molar-refractivity contribution in [3.05, 3.63) is 10.6 Å². The van der Waals surface area contributed by atoms with Gasteiger partial charge in [0.15, 0.2) is 5.13 Å². The van der Waals surface area contributed by atoms with Crippen LogP contribution in [0.3, 0.4) is 0 Å². The van der Waals surface area contributed by atoms with Gasteiger partial charge >= 0.3 is 0 Å². The molecule has 106 valence electrons. The van der Waals surface area contributed by atoms with Crippen molar-refractivity contribution in [2.75, 3.05) is 37.6 Å². The summed E-state index contributed by atoms with van der Waals surface area (Å²) in [5.41, 5.74) is 6.63. The topological polar surface area (TPSA) is 69.2 Å². The second kappa shape index (κ2) is 5.88. The molecule has 3 N–H and O–H groups in total. The third-order valence-electron chi connectivity index (χ3n) is 3.52. The molecule has 1 saturated heterocycles. The van der Waals surface area contributed by atoms with Crippen LogP contribution in [-0.2, 0) is 0 Å². The Balaban J connectivity index is 2.17. The molecular formula is C13H23N5S. The minimum atomic E-state index is 0.139. The lowest BCUT2D eigenvalue weighted by molar-refractivity contribution is 0.271. The quantitative estimate of drug-likeness (QED) is 0.651. The number of nitrogens with zero attached hydrogens (tertiary/aromatic N) is 3. The lowest BCUT2D eigenvalue weighted by Crippen LogP contribution is -2.46. The maximum absolute atomic E-state index is 7.68. The van der Waals surface area contributed by atoms with Crippen LogP contribution in [0.5, 0.6) is 0 Å². The molecule has 2 heterocycles. The van der Waals surface area contributed by atoms with E-state index in [0.29, 0.717) is 5.92 Å². The number of amidine groups is 1. The van der Waals surface area contributed by atoms with Gasteiger partial charge in [0.25, 0.3) is 0 Å². The van der Waals surface area contributed by atoms with Crippen LogP contribution < -0.4 is 10.6 Å². The number of hydrogen-bond donors (Lipinski definition) is 2. The lowest BCUT2D eigenvalue weighted by atomic mass is 10.1. The number of piperazine rings is 1. The van der Waals surface area contributed by atoms with Crippen LogP contribution in [0, 0.1) is 5.41 Å². The smallest absolute Gasteiger partial charge is 0.186 e. The van der Waals surface area contributed by atoms with E-state index in [9.17, 15) is 0 Å².